The molecule has 0 aliphatic carbocycles. The number of aliphatic hydroxyl groups excluding tert-OH is 1. The van der Waals surface area contributed by atoms with Crippen LogP contribution in [-0.2, 0) is 11.3 Å². The topological polar surface area (TPSA) is 40.5 Å². The van der Waals surface area contributed by atoms with Crippen LogP contribution in [0.4, 0.5) is 4.39 Å². The van der Waals surface area contributed by atoms with Crippen LogP contribution in [0, 0.1) is 12.7 Å². The molecule has 0 bridgehead atoms. The van der Waals surface area contributed by atoms with Crippen molar-refractivity contribution in [2.24, 2.45) is 0 Å². The molecule has 5 heteroatoms. The summed E-state index contributed by atoms with van der Waals surface area (Å²) in [6.45, 7) is 2.17. The van der Waals surface area contributed by atoms with E-state index in [9.17, 15) is 14.3 Å². The number of hydrogen-bond acceptors (Lipinski definition) is 2. The molecule has 1 aliphatic rings. The number of rotatable bonds is 4. The maximum atomic E-state index is 14.8. The monoisotopic (exact) mass is 407 g/mol. The number of carbonyl (C=O) groups excluding carboxylic acids is 1. The fraction of sp³-hybridized carbons (Fsp3) is 0.125. The molecule has 1 atom stereocenters. The lowest BCUT2D eigenvalue weighted by molar-refractivity contribution is -0.130. The summed E-state index contributed by atoms with van der Waals surface area (Å²) >= 11 is 5.96. The van der Waals surface area contributed by atoms with Gasteiger partial charge in [-0.2, -0.15) is 0 Å². The van der Waals surface area contributed by atoms with Crippen LogP contribution in [0.1, 0.15) is 28.3 Å². The van der Waals surface area contributed by atoms with E-state index < -0.39 is 17.8 Å². The Hall–Kier alpha value is -3.11. The van der Waals surface area contributed by atoms with E-state index in [1.54, 1.807) is 30.3 Å². The molecule has 0 fully saturated rings. The van der Waals surface area contributed by atoms with Gasteiger partial charge in [-0.3, -0.25) is 4.79 Å². The number of halogens is 2. The third-order valence-corrected chi connectivity index (χ3v) is 5.38. The molecule has 1 amide bonds. The number of amides is 1. The van der Waals surface area contributed by atoms with Gasteiger partial charge >= 0.3 is 0 Å². The zero-order valence-corrected chi connectivity index (χ0v) is 16.5. The van der Waals surface area contributed by atoms with Crippen LogP contribution >= 0.6 is 11.6 Å². The second-order valence-electron chi connectivity index (χ2n) is 7.11. The average molecular weight is 408 g/mol. The number of aliphatic hydroxyl groups is 1. The first kappa shape index (κ1) is 19.2. The first-order chi connectivity index (χ1) is 14.0. The van der Waals surface area contributed by atoms with Crippen molar-refractivity contribution < 1.29 is 14.3 Å². The number of nitrogens with zero attached hydrogens (tertiary/aromatic N) is 1. The predicted molar refractivity (Wildman–Crippen MR) is 112 cm³/mol. The predicted octanol–water partition coefficient (Wildman–Crippen LogP) is 5.84. The van der Waals surface area contributed by atoms with Gasteiger partial charge in [-0.15, -0.1) is 0 Å². The molecular weight excluding hydrogens is 389 g/mol. The van der Waals surface area contributed by atoms with Crippen LogP contribution in [0.2, 0.25) is 5.02 Å². The standard InChI is InChI=1S/C24H19ClFNO2/c1-15-6-10-17(11-7-15)21-22(19-4-2-3-5-20(19)26)27(24(29)23(21)28)14-16-8-12-18(25)13-9-16/h2-13,22,28H,14H2,1H3/t22-/m1/s1. The van der Waals surface area contributed by atoms with Crippen LogP contribution in [0.15, 0.2) is 78.6 Å². The van der Waals surface area contributed by atoms with Gasteiger partial charge in [-0.25, -0.2) is 4.39 Å². The van der Waals surface area contributed by atoms with Crippen LogP contribution in [0.25, 0.3) is 5.57 Å². The molecule has 0 saturated heterocycles. The van der Waals surface area contributed by atoms with E-state index in [1.165, 1.54) is 11.0 Å². The van der Waals surface area contributed by atoms with Gasteiger partial charge < -0.3 is 10.0 Å². The molecule has 1 heterocycles. The van der Waals surface area contributed by atoms with E-state index in [4.69, 9.17) is 11.6 Å². The third kappa shape index (κ3) is 3.64. The Balaban J connectivity index is 1.83. The van der Waals surface area contributed by atoms with Gasteiger partial charge in [-0.1, -0.05) is 71.8 Å². The molecule has 1 N–H and O–H groups in total. The Morgan fingerprint density at radius 2 is 1.66 bits per heavy atom. The molecule has 1 aliphatic heterocycles. The highest BCUT2D eigenvalue weighted by atomic mass is 35.5. The molecule has 3 aromatic rings. The molecule has 0 saturated carbocycles. The van der Waals surface area contributed by atoms with E-state index in [-0.39, 0.29) is 12.3 Å². The molecule has 3 nitrogen and oxygen atoms in total. The van der Waals surface area contributed by atoms with Gasteiger partial charge in [0.1, 0.15) is 5.82 Å². The largest absolute Gasteiger partial charge is 0.503 e. The Morgan fingerprint density at radius 1 is 1.00 bits per heavy atom. The Kier molecular flexibility index (Phi) is 5.12. The van der Waals surface area contributed by atoms with Crippen molar-refractivity contribution in [2.45, 2.75) is 19.5 Å². The second kappa shape index (κ2) is 7.72. The van der Waals surface area contributed by atoms with Gasteiger partial charge in [-0.05, 0) is 36.2 Å². The van der Waals surface area contributed by atoms with Crippen molar-refractivity contribution in [1.29, 1.82) is 0 Å². The highest BCUT2D eigenvalue weighted by Crippen LogP contribution is 2.44. The van der Waals surface area contributed by atoms with E-state index in [0.29, 0.717) is 21.7 Å². The van der Waals surface area contributed by atoms with Crippen LogP contribution in [0.5, 0.6) is 0 Å². The van der Waals surface area contributed by atoms with Gasteiger partial charge in [0.15, 0.2) is 5.76 Å². The first-order valence-corrected chi connectivity index (χ1v) is 9.63. The van der Waals surface area contributed by atoms with Gasteiger partial charge in [0.2, 0.25) is 0 Å². The SMILES string of the molecule is Cc1ccc(C2=C(O)C(=O)N(Cc3ccc(Cl)cc3)[C@@H]2c2ccccc2F)cc1. The number of benzene rings is 3. The van der Waals surface area contributed by atoms with Gasteiger partial charge in [0.05, 0.1) is 6.04 Å². The van der Waals surface area contributed by atoms with Crippen LogP contribution in [0.3, 0.4) is 0 Å². The summed E-state index contributed by atoms with van der Waals surface area (Å²) in [5.41, 5.74) is 3.33. The quantitative estimate of drug-likeness (QED) is 0.590. The normalized spacial score (nSPS) is 16.6. The molecular formula is C24H19ClFNO2. The third-order valence-electron chi connectivity index (χ3n) is 5.13. The molecule has 29 heavy (non-hydrogen) atoms. The van der Waals surface area contributed by atoms with Crippen LogP contribution in [-0.4, -0.2) is 15.9 Å². The average Bonchev–Trinajstić information content (AvgIpc) is 2.95. The molecule has 0 unspecified atom stereocenters. The van der Waals surface area contributed by atoms with Crippen molar-refractivity contribution in [3.05, 3.63) is 112 Å². The summed E-state index contributed by atoms with van der Waals surface area (Å²) in [6.07, 6.45) is 0. The van der Waals surface area contributed by atoms with Gasteiger partial charge in [0, 0.05) is 22.7 Å². The number of carbonyl (C=O) groups is 1. The molecule has 4 rings (SSSR count). The minimum absolute atomic E-state index is 0.217. The molecule has 3 aromatic carbocycles. The van der Waals surface area contributed by atoms with E-state index in [2.05, 4.69) is 0 Å². The lowest BCUT2D eigenvalue weighted by Crippen LogP contribution is -2.30. The van der Waals surface area contributed by atoms with E-state index >= 15 is 0 Å². The summed E-state index contributed by atoms with van der Waals surface area (Å²) in [5, 5.41) is 11.3. The number of hydrogen-bond donors (Lipinski definition) is 1. The fourth-order valence-corrected chi connectivity index (χ4v) is 3.78. The summed E-state index contributed by atoms with van der Waals surface area (Å²) < 4.78 is 14.8. The Bertz CT molecular complexity index is 1090. The Labute approximate surface area is 173 Å². The zero-order valence-electron chi connectivity index (χ0n) is 15.8. The highest BCUT2D eigenvalue weighted by Gasteiger charge is 2.42. The minimum Gasteiger partial charge on any atom is -0.503 e. The zero-order chi connectivity index (χ0) is 20.5. The van der Waals surface area contributed by atoms with Crippen molar-refractivity contribution in [2.75, 3.05) is 0 Å². The highest BCUT2D eigenvalue weighted by molar-refractivity contribution is 6.30. The lowest BCUT2D eigenvalue weighted by atomic mass is 9.92. The minimum atomic E-state index is -0.734. The maximum Gasteiger partial charge on any atom is 0.290 e. The van der Waals surface area contributed by atoms with Crippen LogP contribution < -0.4 is 0 Å². The van der Waals surface area contributed by atoms with Gasteiger partial charge in [0.25, 0.3) is 5.91 Å². The summed E-state index contributed by atoms with van der Waals surface area (Å²) in [6, 6.07) is 20.2. The smallest absolute Gasteiger partial charge is 0.290 e. The first-order valence-electron chi connectivity index (χ1n) is 9.25. The Morgan fingerprint density at radius 3 is 2.31 bits per heavy atom. The van der Waals surface area contributed by atoms with E-state index in [0.717, 1.165) is 11.1 Å². The van der Waals surface area contributed by atoms with Crippen molar-refractivity contribution in [3.63, 3.8) is 0 Å². The fourth-order valence-electron chi connectivity index (χ4n) is 3.65. The second-order valence-corrected chi connectivity index (χ2v) is 7.55. The maximum absolute atomic E-state index is 14.8. The van der Waals surface area contributed by atoms with Crippen molar-refractivity contribution in [1.82, 2.24) is 4.90 Å². The van der Waals surface area contributed by atoms with Crippen molar-refractivity contribution >= 4 is 23.1 Å². The van der Waals surface area contributed by atoms with E-state index in [1.807, 2.05) is 43.3 Å². The molecule has 0 spiro atoms. The lowest BCUT2D eigenvalue weighted by Gasteiger charge is -2.28. The summed E-state index contributed by atoms with van der Waals surface area (Å²) in [7, 11) is 0. The van der Waals surface area contributed by atoms with Crippen molar-refractivity contribution in [3.8, 4) is 0 Å². The summed E-state index contributed by atoms with van der Waals surface area (Å²) in [4.78, 5) is 14.5. The summed E-state index contributed by atoms with van der Waals surface area (Å²) in [5.74, 6) is -1.30. The molecule has 0 radical (unpaired) electrons. The molecule has 146 valence electrons. The molecule has 0 aromatic heterocycles. The number of aryl methyl sites for hydroxylation is 1.